The average Bonchev–Trinajstić information content (AvgIpc) is 2.94. The van der Waals surface area contributed by atoms with Crippen LogP contribution in [0.25, 0.3) is 10.2 Å². The summed E-state index contributed by atoms with van der Waals surface area (Å²) in [6.45, 7) is 1.92. The number of amides is 1. The van der Waals surface area contributed by atoms with Gasteiger partial charge >= 0.3 is 0 Å². The lowest BCUT2D eigenvalue weighted by Crippen LogP contribution is -2.20. The molecule has 0 bridgehead atoms. The van der Waals surface area contributed by atoms with Crippen molar-refractivity contribution in [2.24, 2.45) is 0 Å². The van der Waals surface area contributed by atoms with Crippen LogP contribution in [-0.2, 0) is 10.0 Å². The number of thiazole rings is 1. The molecule has 3 rings (SSSR count). The lowest BCUT2D eigenvalue weighted by molar-refractivity contribution is 0.102. The van der Waals surface area contributed by atoms with Crippen molar-refractivity contribution in [3.63, 3.8) is 0 Å². The third kappa shape index (κ3) is 3.67. The number of halogens is 1. The van der Waals surface area contributed by atoms with E-state index in [0.717, 1.165) is 15.2 Å². The zero-order chi connectivity index (χ0) is 18.2. The maximum Gasteiger partial charge on any atom is 0.255 e. The highest BCUT2D eigenvalue weighted by Crippen LogP contribution is 2.26. The molecule has 130 valence electrons. The molecule has 0 radical (unpaired) electrons. The summed E-state index contributed by atoms with van der Waals surface area (Å²) in [5.74, 6) is -0.426. The third-order valence-corrected chi connectivity index (χ3v) is 6.33. The Labute approximate surface area is 153 Å². The van der Waals surface area contributed by atoms with Gasteiger partial charge in [-0.3, -0.25) is 4.79 Å². The van der Waals surface area contributed by atoms with Gasteiger partial charge in [0.2, 0.25) is 10.0 Å². The van der Waals surface area contributed by atoms with Crippen molar-refractivity contribution in [2.45, 2.75) is 11.8 Å². The van der Waals surface area contributed by atoms with Gasteiger partial charge in [0.25, 0.3) is 5.91 Å². The second-order valence-electron chi connectivity index (χ2n) is 5.22. The Morgan fingerprint density at radius 1 is 1.20 bits per heavy atom. The van der Waals surface area contributed by atoms with E-state index in [1.54, 1.807) is 6.07 Å². The number of nitrogens with one attached hydrogen (secondary N) is 2. The normalized spacial score (nSPS) is 11.6. The van der Waals surface area contributed by atoms with Crippen LogP contribution in [0, 0.1) is 6.92 Å². The lowest BCUT2D eigenvalue weighted by atomic mass is 10.2. The number of carbonyl (C=O) groups excluding carboxylic acids is 1. The Kier molecular flexibility index (Phi) is 4.79. The molecule has 9 heteroatoms. The molecule has 0 saturated carbocycles. The Hall–Kier alpha value is -2.00. The van der Waals surface area contributed by atoms with Gasteiger partial charge in [-0.2, -0.15) is 0 Å². The number of carbonyl (C=O) groups is 1. The first-order chi connectivity index (χ1) is 11.8. The van der Waals surface area contributed by atoms with Gasteiger partial charge in [-0.15, -0.1) is 11.3 Å². The van der Waals surface area contributed by atoms with Crippen LogP contribution in [0.1, 0.15) is 15.4 Å². The number of aryl methyl sites for hydroxylation is 1. The molecule has 0 unspecified atom stereocenters. The first-order valence-corrected chi connectivity index (χ1v) is 9.89. The van der Waals surface area contributed by atoms with Crippen molar-refractivity contribution in [3.8, 4) is 0 Å². The minimum atomic E-state index is -3.75. The zero-order valence-electron chi connectivity index (χ0n) is 13.3. The van der Waals surface area contributed by atoms with Crippen LogP contribution < -0.4 is 10.0 Å². The molecular weight excluding hydrogens is 382 g/mol. The predicted molar refractivity (Wildman–Crippen MR) is 100 cm³/mol. The minimum Gasteiger partial charge on any atom is -0.322 e. The monoisotopic (exact) mass is 395 g/mol. The van der Waals surface area contributed by atoms with E-state index in [-0.39, 0.29) is 15.5 Å². The van der Waals surface area contributed by atoms with E-state index in [1.807, 2.05) is 19.1 Å². The highest BCUT2D eigenvalue weighted by molar-refractivity contribution is 7.89. The lowest BCUT2D eigenvalue weighted by Gasteiger charge is -2.09. The van der Waals surface area contributed by atoms with E-state index in [0.29, 0.717) is 5.69 Å². The number of hydrogen-bond acceptors (Lipinski definition) is 5. The fraction of sp³-hybridized carbons (Fsp3) is 0.125. The Balaban J connectivity index is 1.91. The number of nitrogens with zero attached hydrogens (tertiary/aromatic N) is 1. The maximum atomic E-state index is 12.5. The topological polar surface area (TPSA) is 88.2 Å². The summed E-state index contributed by atoms with van der Waals surface area (Å²) in [5, 5.41) is 3.75. The maximum absolute atomic E-state index is 12.5. The summed E-state index contributed by atoms with van der Waals surface area (Å²) in [4.78, 5) is 16.7. The number of anilines is 1. The van der Waals surface area contributed by atoms with E-state index in [4.69, 9.17) is 11.6 Å². The van der Waals surface area contributed by atoms with Gasteiger partial charge in [0.15, 0.2) is 0 Å². The largest absolute Gasteiger partial charge is 0.322 e. The van der Waals surface area contributed by atoms with Crippen LogP contribution in [0.5, 0.6) is 0 Å². The molecule has 2 N–H and O–H groups in total. The first kappa shape index (κ1) is 17.8. The van der Waals surface area contributed by atoms with Gasteiger partial charge < -0.3 is 5.32 Å². The fourth-order valence-corrected chi connectivity index (χ4v) is 4.40. The van der Waals surface area contributed by atoms with Crippen LogP contribution in [0.2, 0.25) is 5.02 Å². The van der Waals surface area contributed by atoms with Crippen molar-refractivity contribution in [1.82, 2.24) is 9.71 Å². The van der Waals surface area contributed by atoms with Crippen LogP contribution in [0.4, 0.5) is 5.69 Å². The summed E-state index contributed by atoms with van der Waals surface area (Å²) in [7, 11) is -2.47. The number of aromatic nitrogens is 1. The molecule has 25 heavy (non-hydrogen) atoms. The van der Waals surface area contributed by atoms with Crippen LogP contribution in [0.15, 0.2) is 41.3 Å². The molecule has 0 spiro atoms. The summed E-state index contributed by atoms with van der Waals surface area (Å²) < 4.78 is 27.1. The standard InChI is InChI=1S/C16H14ClN3O3S2/c1-9-19-13-6-4-11(8-14(13)24-9)20-16(21)10-3-5-12(17)15(7-10)25(22,23)18-2/h3-8,18H,1-2H3,(H,20,21). The van der Waals surface area contributed by atoms with E-state index >= 15 is 0 Å². The molecule has 6 nitrogen and oxygen atoms in total. The quantitative estimate of drug-likeness (QED) is 0.708. The molecule has 0 fully saturated rings. The summed E-state index contributed by atoms with van der Waals surface area (Å²) in [6, 6.07) is 9.52. The van der Waals surface area contributed by atoms with Gasteiger partial charge in [-0.05, 0) is 50.4 Å². The van der Waals surface area contributed by atoms with Gasteiger partial charge in [-0.1, -0.05) is 11.6 Å². The molecule has 1 amide bonds. The van der Waals surface area contributed by atoms with Gasteiger partial charge in [0, 0.05) is 11.3 Å². The second-order valence-corrected chi connectivity index (χ2v) is 8.72. The van der Waals surface area contributed by atoms with E-state index in [2.05, 4.69) is 15.0 Å². The van der Waals surface area contributed by atoms with Crippen molar-refractivity contribution < 1.29 is 13.2 Å². The first-order valence-electron chi connectivity index (χ1n) is 7.22. The molecular formula is C16H14ClN3O3S2. The van der Waals surface area contributed by atoms with Crippen molar-refractivity contribution >= 4 is 54.8 Å². The molecule has 0 aliphatic carbocycles. The predicted octanol–water partition coefficient (Wildman–Crippen LogP) is 3.42. The molecule has 1 aromatic heterocycles. The summed E-state index contributed by atoms with van der Waals surface area (Å²) >= 11 is 7.47. The molecule has 0 atom stereocenters. The number of sulfonamides is 1. The van der Waals surface area contributed by atoms with Crippen molar-refractivity contribution in [3.05, 3.63) is 52.0 Å². The highest BCUT2D eigenvalue weighted by atomic mass is 35.5. The number of benzene rings is 2. The molecule has 3 aromatic rings. The number of rotatable bonds is 4. The Morgan fingerprint density at radius 2 is 1.96 bits per heavy atom. The second kappa shape index (κ2) is 6.72. The van der Waals surface area contributed by atoms with Crippen molar-refractivity contribution in [2.75, 3.05) is 12.4 Å². The van der Waals surface area contributed by atoms with E-state index < -0.39 is 15.9 Å². The Bertz CT molecular complexity index is 1080. The van der Waals surface area contributed by atoms with Gasteiger partial charge in [-0.25, -0.2) is 18.1 Å². The summed E-state index contributed by atoms with van der Waals surface area (Å²) in [5.41, 5.74) is 1.67. The van der Waals surface area contributed by atoms with Gasteiger partial charge in [0.05, 0.1) is 20.2 Å². The molecule has 0 aliphatic heterocycles. The number of fused-ring (bicyclic) bond motifs is 1. The summed E-state index contributed by atoms with van der Waals surface area (Å²) in [6.07, 6.45) is 0. The molecule has 0 aliphatic rings. The zero-order valence-corrected chi connectivity index (χ0v) is 15.7. The SMILES string of the molecule is CNS(=O)(=O)c1cc(C(=O)Nc2ccc3nc(C)sc3c2)ccc1Cl. The highest BCUT2D eigenvalue weighted by Gasteiger charge is 2.18. The Morgan fingerprint density at radius 3 is 2.68 bits per heavy atom. The van der Waals surface area contributed by atoms with E-state index in [1.165, 1.54) is 36.6 Å². The smallest absolute Gasteiger partial charge is 0.255 e. The van der Waals surface area contributed by atoms with Crippen molar-refractivity contribution in [1.29, 1.82) is 0 Å². The van der Waals surface area contributed by atoms with Gasteiger partial charge in [0.1, 0.15) is 4.90 Å². The molecule has 0 saturated heterocycles. The van der Waals surface area contributed by atoms with Crippen LogP contribution in [-0.4, -0.2) is 26.4 Å². The van der Waals surface area contributed by atoms with Crippen LogP contribution >= 0.6 is 22.9 Å². The van der Waals surface area contributed by atoms with Crippen LogP contribution in [0.3, 0.4) is 0 Å². The van der Waals surface area contributed by atoms with E-state index in [9.17, 15) is 13.2 Å². The number of hydrogen-bond donors (Lipinski definition) is 2. The minimum absolute atomic E-state index is 0.0486. The third-order valence-electron chi connectivity index (χ3n) is 3.50. The average molecular weight is 396 g/mol. The fourth-order valence-electron chi connectivity index (χ4n) is 2.28. The molecule has 1 heterocycles. The molecule has 2 aromatic carbocycles.